The first kappa shape index (κ1) is 18.3. The van der Waals surface area contributed by atoms with Crippen molar-refractivity contribution < 1.29 is 19.4 Å². The van der Waals surface area contributed by atoms with Gasteiger partial charge >= 0.3 is 5.97 Å². The van der Waals surface area contributed by atoms with E-state index in [0.717, 1.165) is 5.56 Å². The molecule has 0 heterocycles. The lowest BCUT2D eigenvalue weighted by Crippen LogP contribution is -2.40. The van der Waals surface area contributed by atoms with Crippen LogP contribution in [0, 0.1) is 0 Å². The molecule has 0 atom stereocenters. The molecule has 0 bridgehead atoms. The molecular weight excluding hydrogens is 320 g/mol. The van der Waals surface area contributed by atoms with Gasteiger partial charge in [0.25, 0.3) is 0 Å². The van der Waals surface area contributed by atoms with Gasteiger partial charge in [-0.05, 0) is 18.2 Å². The Bertz CT molecular complexity index is 718. The average Bonchev–Trinajstić information content (AvgIpc) is 2.62. The summed E-state index contributed by atoms with van der Waals surface area (Å²) in [6.07, 6.45) is 0. The number of carboxylic acid groups (broad SMARTS) is 1. The lowest BCUT2D eigenvalue weighted by Gasteiger charge is -2.26. The normalized spacial score (nSPS) is 10.2. The monoisotopic (exact) mass is 342 g/mol. The number of benzene rings is 2. The maximum Gasteiger partial charge on any atom is 0.323 e. The van der Waals surface area contributed by atoms with Gasteiger partial charge in [0.1, 0.15) is 12.3 Å². The van der Waals surface area contributed by atoms with Crippen LogP contribution in [0.5, 0.6) is 5.75 Å². The highest BCUT2D eigenvalue weighted by Gasteiger charge is 2.18. The van der Waals surface area contributed by atoms with Crippen LogP contribution in [0.2, 0.25) is 0 Å². The summed E-state index contributed by atoms with van der Waals surface area (Å²) < 4.78 is 5.30. The van der Waals surface area contributed by atoms with Crippen LogP contribution < -0.4 is 9.64 Å². The van der Waals surface area contributed by atoms with E-state index in [-0.39, 0.29) is 19.0 Å². The lowest BCUT2D eigenvalue weighted by molar-refractivity contribution is -0.135. The number of amides is 1. The van der Waals surface area contributed by atoms with Crippen LogP contribution in [0.1, 0.15) is 5.56 Å². The van der Waals surface area contributed by atoms with Gasteiger partial charge in [-0.15, -0.1) is 0 Å². The number of ether oxygens (including phenoxy) is 1. The summed E-state index contributed by atoms with van der Waals surface area (Å²) in [7, 11) is 3.28. The van der Waals surface area contributed by atoms with Crippen molar-refractivity contribution in [1.29, 1.82) is 0 Å². The number of nitrogens with zero attached hydrogens (tertiary/aromatic N) is 2. The SMILES string of the molecule is COc1ccccc1CN(C)C(=O)CN(CC(=O)O)c1ccccc1. The molecule has 132 valence electrons. The number of carbonyl (C=O) groups excluding carboxylic acids is 1. The Morgan fingerprint density at radius 3 is 2.28 bits per heavy atom. The van der Waals surface area contributed by atoms with Gasteiger partial charge in [-0.1, -0.05) is 36.4 Å². The van der Waals surface area contributed by atoms with Crippen molar-refractivity contribution in [3.05, 3.63) is 60.2 Å². The molecule has 0 saturated heterocycles. The van der Waals surface area contributed by atoms with Crippen LogP contribution >= 0.6 is 0 Å². The Balaban J connectivity index is 2.08. The van der Waals surface area contributed by atoms with Crippen molar-refractivity contribution in [2.45, 2.75) is 6.54 Å². The van der Waals surface area contributed by atoms with E-state index in [1.165, 1.54) is 0 Å². The fourth-order valence-corrected chi connectivity index (χ4v) is 2.50. The molecule has 0 aromatic heterocycles. The predicted octanol–water partition coefficient (Wildman–Crippen LogP) is 2.24. The molecule has 0 aliphatic heterocycles. The average molecular weight is 342 g/mol. The smallest absolute Gasteiger partial charge is 0.323 e. The van der Waals surface area contributed by atoms with Gasteiger partial charge in [0.15, 0.2) is 0 Å². The lowest BCUT2D eigenvalue weighted by atomic mass is 10.2. The highest BCUT2D eigenvalue weighted by atomic mass is 16.5. The summed E-state index contributed by atoms with van der Waals surface area (Å²) in [5.41, 5.74) is 1.59. The number of rotatable bonds is 8. The third kappa shape index (κ3) is 5.24. The number of likely N-dealkylation sites (N-methyl/N-ethyl adjacent to an activating group) is 1. The Hall–Kier alpha value is -3.02. The summed E-state index contributed by atoms with van der Waals surface area (Å²) in [4.78, 5) is 26.8. The number of hydrogen-bond acceptors (Lipinski definition) is 4. The van der Waals surface area contributed by atoms with Gasteiger partial charge in [-0.2, -0.15) is 0 Å². The minimum atomic E-state index is -0.982. The summed E-state index contributed by atoms with van der Waals surface area (Å²) in [5.74, 6) is -0.437. The first-order chi connectivity index (χ1) is 12.0. The zero-order chi connectivity index (χ0) is 18.2. The van der Waals surface area contributed by atoms with Gasteiger partial charge < -0.3 is 19.6 Å². The van der Waals surface area contributed by atoms with Gasteiger partial charge in [0, 0.05) is 24.8 Å². The number of methoxy groups -OCH3 is 1. The van der Waals surface area contributed by atoms with Gasteiger partial charge in [0.05, 0.1) is 13.7 Å². The predicted molar refractivity (Wildman–Crippen MR) is 95.8 cm³/mol. The molecule has 2 rings (SSSR count). The van der Waals surface area contributed by atoms with E-state index in [0.29, 0.717) is 18.0 Å². The number of carbonyl (C=O) groups is 2. The first-order valence-corrected chi connectivity index (χ1v) is 7.89. The van der Waals surface area contributed by atoms with E-state index >= 15 is 0 Å². The first-order valence-electron chi connectivity index (χ1n) is 7.89. The zero-order valence-corrected chi connectivity index (χ0v) is 14.4. The van der Waals surface area contributed by atoms with Gasteiger partial charge in [-0.25, -0.2) is 0 Å². The third-order valence-electron chi connectivity index (χ3n) is 3.80. The Morgan fingerprint density at radius 1 is 1.00 bits per heavy atom. The number of carboxylic acids is 1. The van der Waals surface area contributed by atoms with E-state index in [2.05, 4.69) is 0 Å². The molecule has 0 unspecified atom stereocenters. The molecule has 1 N–H and O–H groups in total. The molecule has 0 spiro atoms. The van der Waals surface area contributed by atoms with E-state index < -0.39 is 5.97 Å². The molecule has 0 saturated carbocycles. The molecule has 6 nitrogen and oxygen atoms in total. The fraction of sp³-hybridized carbons (Fsp3) is 0.263. The number of anilines is 1. The summed E-state index contributed by atoms with van der Waals surface area (Å²) >= 11 is 0. The van der Waals surface area contributed by atoms with E-state index in [1.807, 2.05) is 42.5 Å². The quantitative estimate of drug-likeness (QED) is 0.797. The topological polar surface area (TPSA) is 70.1 Å². The highest BCUT2D eigenvalue weighted by Crippen LogP contribution is 2.19. The second-order valence-corrected chi connectivity index (χ2v) is 5.65. The Morgan fingerprint density at radius 2 is 1.64 bits per heavy atom. The van der Waals surface area contributed by atoms with Crippen LogP contribution in [0.4, 0.5) is 5.69 Å². The van der Waals surface area contributed by atoms with Crippen LogP contribution in [0.15, 0.2) is 54.6 Å². The van der Waals surface area contributed by atoms with Crippen LogP contribution in [0.3, 0.4) is 0 Å². The summed E-state index contributed by atoms with van der Waals surface area (Å²) in [6, 6.07) is 16.5. The zero-order valence-electron chi connectivity index (χ0n) is 14.4. The van der Waals surface area contributed by atoms with Gasteiger partial charge in [-0.3, -0.25) is 9.59 Å². The summed E-state index contributed by atoms with van der Waals surface area (Å²) in [6.45, 7) is 0.138. The van der Waals surface area contributed by atoms with Crippen molar-refractivity contribution in [3.63, 3.8) is 0 Å². The maximum atomic E-state index is 12.6. The van der Waals surface area contributed by atoms with E-state index in [1.54, 1.807) is 36.1 Å². The molecule has 0 fully saturated rings. The molecule has 2 aromatic rings. The van der Waals surface area contributed by atoms with Crippen molar-refractivity contribution in [2.24, 2.45) is 0 Å². The highest BCUT2D eigenvalue weighted by molar-refractivity contribution is 5.84. The molecule has 0 radical (unpaired) electrons. The fourth-order valence-electron chi connectivity index (χ4n) is 2.50. The number of aliphatic carboxylic acids is 1. The minimum Gasteiger partial charge on any atom is -0.496 e. The Kier molecular flexibility index (Phi) is 6.39. The van der Waals surface area contributed by atoms with Crippen molar-refractivity contribution in [1.82, 2.24) is 4.90 Å². The number of hydrogen-bond donors (Lipinski definition) is 1. The molecule has 6 heteroatoms. The second kappa shape index (κ2) is 8.73. The number of para-hydroxylation sites is 2. The van der Waals surface area contributed by atoms with Gasteiger partial charge in [0.2, 0.25) is 5.91 Å². The maximum absolute atomic E-state index is 12.6. The van der Waals surface area contributed by atoms with Crippen LogP contribution in [-0.4, -0.2) is 49.1 Å². The summed E-state index contributed by atoms with van der Waals surface area (Å²) in [5, 5.41) is 9.12. The molecule has 0 aliphatic carbocycles. The van der Waals surface area contributed by atoms with Crippen molar-refractivity contribution in [2.75, 3.05) is 32.1 Å². The minimum absolute atomic E-state index is 0.0119. The van der Waals surface area contributed by atoms with E-state index in [4.69, 9.17) is 9.84 Å². The molecule has 1 amide bonds. The molecule has 2 aromatic carbocycles. The van der Waals surface area contributed by atoms with Crippen LogP contribution in [-0.2, 0) is 16.1 Å². The largest absolute Gasteiger partial charge is 0.496 e. The molecular formula is C19H22N2O4. The van der Waals surface area contributed by atoms with Crippen LogP contribution in [0.25, 0.3) is 0 Å². The second-order valence-electron chi connectivity index (χ2n) is 5.65. The Labute approximate surface area is 147 Å². The van der Waals surface area contributed by atoms with Crippen molar-refractivity contribution >= 4 is 17.6 Å². The van der Waals surface area contributed by atoms with E-state index in [9.17, 15) is 9.59 Å². The molecule has 0 aliphatic rings. The van der Waals surface area contributed by atoms with Crippen molar-refractivity contribution in [3.8, 4) is 5.75 Å². The molecule has 25 heavy (non-hydrogen) atoms. The third-order valence-corrected chi connectivity index (χ3v) is 3.80. The standard InChI is InChI=1S/C19H22N2O4/c1-20(12-15-8-6-7-11-17(15)25-2)18(22)13-21(14-19(23)24)16-9-4-3-5-10-16/h3-11H,12-14H2,1-2H3,(H,23,24).